The van der Waals surface area contributed by atoms with Crippen molar-refractivity contribution in [3.8, 4) is 0 Å². The summed E-state index contributed by atoms with van der Waals surface area (Å²) in [5.41, 5.74) is -0.142. The Bertz CT molecular complexity index is 378. The Morgan fingerprint density at radius 2 is 2.00 bits per heavy atom. The molecule has 2 heterocycles. The fourth-order valence-corrected chi connectivity index (χ4v) is 13.1. The summed E-state index contributed by atoms with van der Waals surface area (Å²) in [6.07, 6.45) is 5.50. The van der Waals surface area contributed by atoms with E-state index >= 15 is 0 Å². The van der Waals surface area contributed by atoms with Gasteiger partial charge < -0.3 is 0 Å². The number of carbonyl (C=O) groups excluding carboxylic acids is 1. The maximum absolute atomic E-state index is 12.7. The first-order valence-corrected chi connectivity index (χ1v) is 13.0. The molecule has 0 radical (unpaired) electrons. The van der Waals surface area contributed by atoms with Gasteiger partial charge in [0.1, 0.15) is 0 Å². The summed E-state index contributed by atoms with van der Waals surface area (Å²) in [6.45, 7) is 4.27. The van der Waals surface area contributed by atoms with Gasteiger partial charge in [0.15, 0.2) is 0 Å². The molecule has 2 saturated heterocycles. The van der Waals surface area contributed by atoms with Crippen LogP contribution < -0.4 is 28.3 Å². The second-order valence-corrected chi connectivity index (χ2v) is 13.0. The molecule has 3 fully saturated rings. The van der Waals surface area contributed by atoms with Crippen LogP contribution >= 0.6 is 20.4 Å². The van der Waals surface area contributed by atoms with Crippen molar-refractivity contribution in [1.82, 2.24) is 7.06 Å². The molecular weight excluding hydrogens is 458 g/mol. The van der Waals surface area contributed by atoms with Crippen LogP contribution in [0.25, 0.3) is 0 Å². The Kier molecular flexibility index (Phi) is 3.39. The zero-order valence-corrected chi connectivity index (χ0v) is 15.4. The summed E-state index contributed by atoms with van der Waals surface area (Å²) in [4.78, 5) is 14.9. The molecule has 0 bridgehead atoms. The van der Waals surface area contributed by atoms with Gasteiger partial charge in [-0.15, -0.1) is 0 Å². The molecule has 2 N–H and O–H groups in total. The van der Waals surface area contributed by atoms with E-state index in [-0.39, 0.29) is 39.9 Å². The molecule has 1 atom stereocenters. The van der Waals surface area contributed by atoms with Gasteiger partial charge in [0, 0.05) is 0 Å². The van der Waals surface area contributed by atoms with Gasteiger partial charge in [-0.2, -0.15) is 0 Å². The molecule has 0 aromatic carbocycles. The predicted octanol–water partition coefficient (Wildman–Crippen LogP) is -1.07. The van der Waals surface area contributed by atoms with Crippen LogP contribution in [0.5, 0.6) is 0 Å². The molecule has 1 aliphatic carbocycles. The summed E-state index contributed by atoms with van der Waals surface area (Å²) >= 11 is -1.25. The predicted molar refractivity (Wildman–Crippen MR) is 74.9 cm³/mol. The molecule has 1 saturated carbocycles. The van der Waals surface area contributed by atoms with Crippen molar-refractivity contribution >= 4 is 26.3 Å². The van der Waals surface area contributed by atoms with E-state index in [9.17, 15) is 4.79 Å². The Morgan fingerprint density at radius 3 is 2.39 bits per heavy atom. The van der Waals surface area contributed by atoms with E-state index in [1.54, 1.807) is 0 Å². The number of esters is 1. The van der Waals surface area contributed by atoms with E-state index < -0.39 is 20.4 Å². The summed E-state index contributed by atoms with van der Waals surface area (Å²) in [6, 6.07) is 0. The number of hydrogen-bond acceptors (Lipinski definition) is 4. The molecule has 0 amide bonds. The van der Waals surface area contributed by atoms with Gasteiger partial charge in [-0.05, 0) is 0 Å². The van der Waals surface area contributed by atoms with Crippen molar-refractivity contribution in [3.63, 3.8) is 0 Å². The molecule has 0 aromatic rings. The Balaban J connectivity index is 1.73. The van der Waals surface area contributed by atoms with Crippen LogP contribution in [0.15, 0.2) is 0 Å². The first-order chi connectivity index (χ1) is 8.52. The normalized spacial score (nSPS) is 31.6. The van der Waals surface area contributed by atoms with Gasteiger partial charge in [0.05, 0.1) is 0 Å². The summed E-state index contributed by atoms with van der Waals surface area (Å²) in [5.74, 6) is 0.0684. The van der Waals surface area contributed by atoms with Crippen molar-refractivity contribution in [2.24, 2.45) is 0 Å². The third-order valence-corrected chi connectivity index (χ3v) is 13.8. The molecule has 3 aliphatic rings. The first kappa shape index (κ1) is 13.8. The van der Waals surface area contributed by atoms with Gasteiger partial charge in [0.2, 0.25) is 0 Å². The van der Waals surface area contributed by atoms with Crippen LogP contribution in [0.4, 0.5) is 0 Å². The van der Waals surface area contributed by atoms with E-state index in [4.69, 9.17) is 4.74 Å². The van der Waals surface area contributed by atoms with E-state index in [2.05, 4.69) is 25.8 Å². The number of hydrogen-bond donors (Lipinski definition) is 2. The number of halogens is 2. The van der Waals surface area contributed by atoms with Crippen molar-refractivity contribution in [3.05, 3.63) is 0 Å². The summed E-state index contributed by atoms with van der Waals surface area (Å²) in [5, 5.41) is 0. The second kappa shape index (κ2) is 4.42. The Hall–Kier alpha value is 0.850. The number of alkyl halides is 3. The minimum atomic E-state index is -1.07. The van der Waals surface area contributed by atoms with Gasteiger partial charge in [-0.3, -0.25) is 0 Å². The van der Waals surface area contributed by atoms with Crippen molar-refractivity contribution in [2.45, 2.75) is 58.6 Å². The van der Waals surface area contributed by atoms with Crippen molar-refractivity contribution in [1.29, 1.82) is 0 Å². The minimum absolute atomic E-state index is 0.0591. The Labute approximate surface area is 127 Å². The van der Waals surface area contributed by atoms with Gasteiger partial charge in [-0.25, -0.2) is 0 Å². The third-order valence-electron chi connectivity index (χ3n) is 4.54. The SMILES string of the molecule is CCC1(OC(=O)C(C)([I-]C)C23NI2N3)CCCC1. The number of carbonyl (C=O) groups is 1. The van der Waals surface area contributed by atoms with Crippen LogP contribution in [-0.2, 0) is 9.53 Å². The topological polar surface area (TPSA) is 70.2 Å². The molecule has 6 heteroatoms. The molecule has 3 rings (SSSR count). The first-order valence-electron chi connectivity index (χ1n) is 6.51. The summed E-state index contributed by atoms with van der Waals surface area (Å²) in [7, 11) is 0. The van der Waals surface area contributed by atoms with Crippen molar-refractivity contribution < 1.29 is 30.7 Å². The van der Waals surface area contributed by atoms with Gasteiger partial charge in [-0.1, -0.05) is 0 Å². The molecule has 18 heavy (non-hydrogen) atoms. The van der Waals surface area contributed by atoms with Crippen LogP contribution in [0, 0.1) is 0 Å². The van der Waals surface area contributed by atoms with E-state index in [0.717, 1.165) is 19.3 Å². The fraction of sp³-hybridized carbons (Fsp3) is 0.917. The monoisotopic (exact) mass is 479 g/mol. The number of ether oxygens (including phenoxy) is 1. The number of rotatable bonds is 5. The van der Waals surface area contributed by atoms with Crippen LogP contribution in [0.1, 0.15) is 46.0 Å². The molecule has 0 aromatic heterocycles. The average molecular weight is 479 g/mol. The number of nitrogens with one attached hydrogen (secondary N) is 2. The quantitative estimate of drug-likeness (QED) is 0.132. The van der Waals surface area contributed by atoms with Crippen LogP contribution in [-0.4, -0.2) is 23.6 Å². The van der Waals surface area contributed by atoms with Crippen LogP contribution in [0.3, 0.4) is 0 Å². The molecule has 1 unspecified atom stereocenters. The third kappa shape index (κ3) is 1.85. The van der Waals surface area contributed by atoms with Crippen LogP contribution in [0.2, 0.25) is 0 Å². The zero-order valence-electron chi connectivity index (χ0n) is 11.1. The Morgan fingerprint density at radius 1 is 1.44 bits per heavy atom. The van der Waals surface area contributed by atoms with Gasteiger partial charge >= 0.3 is 128 Å². The molecule has 0 spiro atoms. The van der Waals surface area contributed by atoms with E-state index in [1.807, 2.05) is 0 Å². The summed E-state index contributed by atoms with van der Waals surface area (Å²) < 4.78 is 12.9. The zero-order chi connectivity index (χ0) is 13.0. The maximum atomic E-state index is 12.7. The molecule has 106 valence electrons. The molecular formula is C12H21I2N2O2-. The standard InChI is InChI=1S/C12H21I2N2O2/c1-4-11(7-5-6-8-11)18-9(17)10(2,13-3)12-14(15-12)16-12/h15-16H,4-8H2,1-3H3/q-1. The number of fused-ring (bicyclic) bond motifs is 1. The van der Waals surface area contributed by atoms with E-state index in [1.165, 1.54) is 12.8 Å². The fourth-order valence-electron chi connectivity index (χ4n) is 2.77. The average Bonchev–Trinajstić information content (AvgIpc) is 3.18. The van der Waals surface area contributed by atoms with Gasteiger partial charge in [0.25, 0.3) is 0 Å². The van der Waals surface area contributed by atoms with Crippen molar-refractivity contribution in [2.75, 3.05) is 4.93 Å². The second-order valence-electron chi connectivity index (χ2n) is 5.46. The molecule has 4 nitrogen and oxygen atoms in total. The van der Waals surface area contributed by atoms with E-state index in [0.29, 0.717) is 0 Å². The molecule has 2 aliphatic heterocycles.